The van der Waals surface area contributed by atoms with E-state index in [-0.39, 0.29) is 17.6 Å². The number of benzene rings is 1. The number of hydrogen-bond acceptors (Lipinski definition) is 2. The number of aryl methyl sites for hydroxylation is 1. The molecule has 0 heterocycles. The highest BCUT2D eigenvalue weighted by molar-refractivity contribution is 5.42. The summed E-state index contributed by atoms with van der Waals surface area (Å²) in [6, 6.07) is 4.43. The zero-order valence-electron chi connectivity index (χ0n) is 9.26. The van der Waals surface area contributed by atoms with Gasteiger partial charge in [0.2, 0.25) is 0 Å². The van der Waals surface area contributed by atoms with Crippen LogP contribution in [0.15, 0.2) is 18.2 Å². The Hall–Kier alpha value is -1.39. The van der Waals surface area contributed by atoms with E-state index in [4.69, 9.17) is 4.74 Å². The Morgan fingerprint density at radius 2 is 1.75 bits per heavy atom. The van der Waals surface area contributed by atoms with E-state index in [1.54, 1.807) is 26.8 Å². The van der Waals surface area contributed by atoms with Crippen molar-refractivity contribution in [3.05, 3.63) is 23.8 Å². The van der Waals surface area contributed by atoms with Gasteiger partial charge in [-0.2, -0.15) is 0 Å². The van der Waals surface area contributed by atoms with E-state index in [1.807, 2.05) is 0 Å². The number of alkyl halides is 3. The van der Waals surface area contributed by atoms with Crippen LogP contribution in [-0.4, -0.2) is 12.5 Å². The first-order valence-electron chi connectivity index (χ1n) is 4.81. The second kappa shape index (κ2) is 4.63. The third-order valence-corrected chi connectivity index (χ3v) is 1.69. The normalized spacial score (nSPS) is 11.7. The summed E-state index contributed by atoms with van der Waals surface area (Å²) in [5, 5.41) is 0. The maximum atomic E-state index is 12.1. The molecule has 0 aromatic heterocycles. The molecule has 90 valence electrons. The molecule has 5 heteroatoms. The lowest BCUT2D eigenvalue weighted by Crippen LogP contribution is -2.18. The van der Waals surface area contributed by atoms with Crippen molar-refractivity contribution in [2.75, 3.05) is 0 Å². The Morgan fingerprint density at radius 1 is 1.12 bits per heavy atom. The Bertz CT molecular complexity index is 359. The summed E-state index contributed by atoms with van der Waals surface area (Å²) in [6.45, 7) is 5.15. The van der Waals surface area contributed by atoms with Crippen LogP contribution in [0.4, 0.5) is 13.2 Å². The van der Waals surface area contributed by atoms with Crippen LogP contribution >= 0.6 is 0 Å². The molecule has 0 fully saturated rings. The van der Waals surface area contributed by atoms with Crippen molar-refractivity contribution in [1.82, 2.24) is 0 Å². The predicted octanol–water partition coefficient (Wildman–Crippen LogP) is 3.68. The van der Waals surface area contributed by atoms with Gasteiger partial charge in [0.1, 0.15) is 0 Å². The zero-order chi connectivity index (χ0) is 12.3. The molecule has 0 aliphatic heterocycles. The van der Waals surface area contributed by atoms with E-state index in [1.165, 1.54) is 12.1 Å². The van der Waals surface area contributed by atoms with Gasteiger partial charge < -0.3 is 9.47 Å². The van der Waals surface area contributed by atoms with Crippen LogP contribution in [0.25, 0.3) is 0 Å². The molecule has 0 saturated heterocycles. The van der Waals surface area contributed by atoms with Crippen LogP contribution in [-0.2, 0) is 0 Å². The molecule has 0 saturated carbocycles. The van der Waals surface area contributed by atoms with Crippen molar-refractivity contribution in [3.63, 3.8) is 0 Å². The van der Waals surface area contributed by atoms with Crippen LogP contribution in [0.3, 0.4) is 0 Å². The average molecular weight is 234 g/mol. The molecule has 1 aromatic carbocycles. The number of rotatable bonds is 3. The van der Waals surface area contributed by atoms with Gasteiger partial charge in [0.25, 0.3) is 0 Å². The van der Waals surface area contributed by atoms with Crippen LogP contribution in [0, 0.1) is 6.92 Å². The maximum Gasteiger partial charge on any atom is 0.573 e. The van der Waals surface area contributed by atoms with Gasteiger partial charge in [0.05, 0.1) is 6.10 Å². The van der Waals surface area contributed by atoms with Gasteiger partial charge >= 0.3 is 6.36 Å². The van der Waals surface area contributed by atoms with Gasteiger partial charge in [0, 0.05) is 0 Å². The first kappa shape index (κ1) is 12.7. The van der Waals surface area contributed by atoms with E-state index in [0.717, 1.165) is 0 Å². The fourth-order valence-electron chi connectivity index (χ4n) is 1.17. The molecule has 1 aromatic rings. The van der Waals surface area contributed by atoms with E-state index >= 15 is 0 Å². The van der Waals surface area contributed by atoms with Crippen molar-refractivity contribution < 1.29 is 22.6 Å². The van der Waals surface area contributed by atoms with Crippen LogP contribution in [0.2, 0.25) is 0 Å². The molecule has 0 aliphatic carbocycles. The Kier molecular flexibility index (Phi) is 3.67. The van der Waals surface area contributed by atoms with Gasteiger partial charge in [-0.25, -0.2) is 0 Å². The molecule has 0 spiro atoms. The van der Waals surface area contributed by atoms with Crippen molar-refractivity contribution >= 4 is 0 Å². The quantitative estimate of drug-likeness (QED) is 0.794. The SMILES string of the molecule is Cc1ccc(OC(C)C)c(OC(F)(F)F)c1. The van der Waals surface area contributed by atoms with E-state index < -0.39 is 6.36 Å². The van der Waals surface area contributed by atoms with Gasteiger partial charge in [-0.3, -0.25) is 0 Å². The van der Waals surface area contributed by atoms with Crippen molar-refractivity contribution in [1.29, 1.82) is 0 Å². The fraction of sp³-hybridized carbons (Fsp3) is 0.455. The highest BCUT2D eigenvalue weighted by Gasteiger charge is 2.32. The Balaban J connectivity index is 2.98. The summed E-state index contributed by atoms with van der Waals surface area (Å²) in [4.78, 5) is 0. The monoisotopic (exact) mass is 234 g/mol. The standard InChI is InChI=1S/C11H13F3O2/c1-7(2)15-9-5-4-8(3)6-10(9)16-11(12,13)14/h4-7H,1-3H3. The third-order valence-electron chi connectivity index (χ3n) is 1.69. The second-order valence-corrected chi connectivity index (χ2v) is 3.66. The highest BCUT2D eigenvalue weighted by atomic mass is 19.4. The largest absolute Gasteiger partial charge is 0.573 e. The summed E-state index contributed by atoms with van der Waals surface area (Å²) in [5.41, 5.74) is 0.676. The zero-order valence-corrected chi connectivity index (χ0v) is 9.26. The van der Waals surface area contributed by atoms with Gasteiger partial charge in [-0.1, -0.05) is 6.07 Å². The molecule has 1 rings (SSSR count). The lowest BCUT2D eigenvalue weighted by atomic mass is 10.2. The first-order chi connectivity index (χ1) is 7.28. The molecule has 16 heavy (non-hydrogen) atoms. The fourth-order valence-corrected chi connectivity index (χ4v) is 1.17. The molecule has 0 atom stereocenters. The summed E-state index contributed by atoms with van der Waals surface area (Å²) >= 11 is 0. The molecular formula is C11H13F3O2. The molecule has 0 N–H and O–H groups in total. The minimum atomic E-state index is -4.71. The Labute approximate surface area is 92.0 Å². The number of halogens is 3. The van der Waals surface area contributed by atoms with E-state index in [0.29, 0.717) is 5.56 Å². The minimum Gasteiger partial charge on any atom is -0.487 e. The number of ether oxygens (including phenoxy) is 2. The summed E-state index contributed by atoms with van der Waals surface area (Å²) in [5.74, 6) is -0.209. The first-order valence-corrected chi connectivity index (χ1v) is 4.81. The predicted molar refractivity (Wildman–Crippen MR) is 53.6 cm³/mol. The summed E-state index contributed by atoms with van der Waals surface area (Å²) in [6.07, 6.45) is -4.92. The summed E-state index contributed by atoms with van der Waals surface area (Å²) < 4.78 is 45.4. The van der Waals surface area contributed by atoms with Crippen LogP contribution in [0.1, 0.15) is 19.4 Å². The molecule has 0 radical (unpaired) electrons. The second-order valence-electron chi connectivity index (χ2n) is 3.66. The molecule has 2 nitrogen and oxygen atoms in total. The highest BCUT2D eigenvalue weighted by Crippen LogP contribution is 2.33. The van der Waals surface area contributed by atoms with Crippen LogP contribution < -0.4 is 9.47 Å². The number of hydrogen-bond donors (Lipinski definition) is 0. The van der Waals surface area contributed by atoms with E-state index in [9.17, 15) is 13.2 Å². The third kappa shape index (κ3) is 4.00. The van der Waals surface area contributed by atoms with Gasteiger partial charge in [-0.05, 0) is 38.5 Å². The van der Waals surface area contributed by atoms with Crippen LogP contribution in [0.5, 0.6) is 11.5 Å². The minimum absolute atomic E-state index is 0.0953. The molecule has 0 unspecified atom stereocenters. The maximum absolute atomic E-state index is 12.1. The molecule has 0 amide bonds. The van der Waals surface area contributed by atoms with Gasteiger partial charge in [0.15, 0.2) is 11.5 Å². The smallest absolute Gasteiger partial charge is 0.487 e. The summed E-state index contributed by atoms with van der Waals surface area (Å²) in [7, 11) is 0. The Morgan fingerprint density at radius 3 is 2.25 bits per heavy atom. The van der Waals surface area contributed by atoms with Crippen molar-refractivity contribution in [2.24, 2.45) is 0 Å². The lowest BCUT2D eigenvalue weighted by Gasteiger charge is -2.16. The lowest BCUT2D eigenvalue weighted by molar-refractivity contribution is -0.275. The molecule has 0 bridgehead atoms. The molecule has 0 aliphatic rings. The topological polar surface area (TPSA) is 18.5 Å². The van der Waals surface area contributed by atoms with E-state index in [2.05, 4.69) is 4.74 Å². The van der Waals surface area contributed by atoms with Crippen molar-refractivity contribution in [2.45, 2.75) is 33.2 Å². The van der Waals surface area contributed by atoms with Crippen molar-refractivity contribution in [3.8, 4) is 11.5 Å². The molecular weight excluding hydrogens is 221 g/mol. The average Bonchev–Trinajstić information content (AvgIpc) is 2.06. The van der Waals surface area contributed by atoms with Gasteiger partial charge in [-0.15, -0.1) is 13.2 Å².